The third-order valence-electron chi connectivity index (χ3n) is 2.53. The zero-order valence-electron chi connectivity index (χ0n) is 10.2. The molecule has 0 amide bonds. The molecule has 1 atom stereocenters. The Hall–Kier alpha value is -0.830. The number of hydrogen-bond donors (Lipinski definition) is 1. The molecule has 0 aliphatic rings. The van der Waals surface area contributed by atoms with Gasteiger partial charge in [-0.2, -0.15) is 0 Å². The third kappa shape index (κ3) is 3.67. The summed E-state index contributed by atoms with van der Waals surface area (Å²) in [7, 11) is 0. The standard InChI is InChI=1S/C12H22N2O/c1-5-14-7-6-13-11(14)9-12(4,15)8-10(2)3/h6-7,10,15H,5,8-9H2,1-4H3. The summed E-state index contributed by atoms with van der Waals surface area (Å²) in [6.07, 6.45) is 5.20. The van der Waals surface area contributed by atoms with Crippen molar-refractivity contribution in [3.8, 4) is 0 Å². The highest BCUT2D eigenvalue weighted by Gasteiger charge is 2.24. The van der Waals surface area contributed by atoms with Crippen LogP contribution in [0.1, 0.15) is 39.9 Å². The van der Waals surface area contributed by atoms with E-state index in [1.807, 2.05) is 13.1 Å². The van der Waals surface area contributed by atoms with Gasteiger partial charge in [0.15, 0.2) is 0 Å². The maximum Gasteiger partial charge on any atom is 0.111 e. The SMILES string of the molecule is CCn1ccnc1CC(C)(O)CC(C)C. The van der Waals surface area contributed by atoms with Crippen LogP contribution in [-0.4, -0.2) is 20.3 Å². The molecule has 0 saturated carbocycles. The minimum absolute atomic E-state index is 0.505. The van der Waals surface area contributed by atoms with E-state index < -0.39 is 5.60 Å². The van der Waals surface area contributed by atoms with Crippen LogP contribution in [0.3, 0.4) is 0 Å². The van der Waals surface area contributed by atoms with Crippen LogP contribution < -0.4 is 0 Å². The lowest BCUT2D eigenvalue weighted by Gasteiger charge is -2.25. The molecule has 0 aliphatic carbocycles. The molecular weight excluding hydrogens is 188 g/mol. The Labute approximate surface area is 92.1 Å². The second-order valence-corrected chi connectivity index (χ2v) is 4.90. The van der Waals surface area contributed by atoms with Gasteiger partial charge in [0.2, 0.25) is 0 Å². The Balaban J connectivity index is 2.68. The van der Waals surface area contributed by atoms with Crippen molar-refractivity contribution in [1.29, 1.82) is 0 Å². The minimum atomic E-state index is -0.646. The first-order valence-electron chi connectivity index (χ1n) is 5.67. The summed E-state index contributed by atoms with van der Waals surface area (Å²) in [5.41, 5.74) is -0.646. The summed E-state index contributed by atoms with van der Waals surface area (Å²) in [6, 6.07) is 0. The molecule has 0 spiro atoms. The Bertz CT molecular complexity index is 302. The third-order valence-corrected chi connectivity index (χ3v) is 2.53. The average molecular weight is 210 g/mol. The predicted octanol–water partition coefficient (Wildman–Crippen LogP) is 2.24. The maximum atomic E-state index is 10.2. The van der Waals surface area contributed by atoms with Gasteiger partial charge in [-0.3, -0.25) is 0 Å². The van der Waals surface area contributed by atoms with E-state index in [0.29, 0.717) is 12.3 Å². The van der Waals surface area contributed by atoms with E-state index in [4.69, 9.17) is 0 Å². The molecule has 0 radical (unpaired) electrons. The van der Waals surface area contributed by atoms with Crippen molar-refractivity contribution in [3.63, 3.8) is 0 Å². The van der Waals surface area contributed by atoms with Gasteiger partial charge in [-0.05, 0) is 26.2 Å². The summed E-state index contributed by atoms with van der Waals surface area (Å²) in [4.78, 5) is 4.28. The first-order valence-corrected chi connectivity index (χ1v) is 5.67. The van der Waals surface area contributed by atoms with E-state index in [1.165, 1.54) is 0 Å². The zero-order chi connectivity index (χ0) is 11.5. The van der Waals surface area contributed by atoms with Crippen LogP contribution in [0.25, 0.3) is 0 Å². The fourth-order valence-corrected chi connectivity index (χ4v) is 2.09. The number of rotatable bonds is 5. The van der Waals surface area contributed by atoms with Crippen LogP contribution >= 0.6 is 0 Å². The maximum absolute atomic E-state index is 10.2. The predicted molar refractivity (Wildman–Crippen MR) is 61.7 cm³/mol. The largest absolute Gasteiger partial charge is 0.390 e. The molecule has 86 valence electrons. The molecule has 1 heterocycles. The van der Waals surface area contributed by atoms with Crippen LogP contribution in [0.5, 0.6) is 0 Å². The summed E-state index contributed by atoms with van der Waals surface area (Å²) < 4.78 is 2.08. The number of aryl methyl sites for hydroxylation is 1. The molecule has 0 bridgehead atoms. The molecule has 0 fully saturated rings. The number of imidazole rings is 1. The number of nitrogens with zero attached hydrogens (tertiary/aromatic N) is 2. The highest BCUT2D eigenvalue weighted by atomic mass is 16.3. The van der Waals surface area contributed by atoms with Crippen molar-refractivity contribution in [2.24, 2.45) is 5.92 Å². The monoisotopic (exact) mass is 210 g/mol. The Morgan fingerprint density at radius 1 is 1.53 bits per heavy atom. The molecule has 0 aliphatic heterocycles. The van der Waals surface area contributed by atoms with Gasteiger partial charge >= 0.3 is 0 Å². The Kier molecular flexibility index (Phi) is 3.91. The molecule has 1 rings (SSSR count). The normalized spacial score (nSPS) is 15.6. The van der Waals surface area contributed by atoms with Gasteiger partial charge in [0.25, 0.3) is 0 Å². The smallest absolute Gasteiger partial charge is 0.111 e. The topological polar surface area (TPSA) is 38.0 Å². The van der Waals surface area contributed by atoms with Gasteiger partial charge in [-0.25, -0.2) is 4.98 Å². The van der Waals surface area contributed by atoms with Crippen LogP contribution in [0.15, 0.2) is 12.4 Å². The molecular formula is C12H22N2O. The second-order valence-electron chi connectivity index (χ2n) is 4.90. The van der Waals surface area contributed by atoms with E-state index in [1.54, 1.807) is 6.20 Å². The van der Waals surface area contributed by atoms with Crippen LogP contribution in [0.2, 0.25) is 0 Å². The van der Waals surface area contributed by atoms with Crippen LogP contribution in [0.4, 0.5) is 0 Å². The van der Waals surface area contributed by atoms with Gasteiger partial charge < -0.3 is 9.67 Å². The molecule has 0 aromatic carbocycles. The average Bonchev–Trinajstić information content (AvgIpc) is 2.48. The molecule has 1 aromatic heterocycles. The summed E-state index contributed by atoms with van der Waals surface area (Å²) in [5, 5.41) is 10.2. The lowest BCUT2D eigenvalue weighted by atomic mass is 9.91. The lowest BCUT2D eigenvalue weighted by Crippen LogP contribution is -2.30. The highest BCUT2D eigenvalue weighted by molar-refractivity contribution is 4.97. The van der Waals surface area contributed by atoms with Gasteiger partial charge in [0.1, 0.15) is 5.82 Å². The van der Waals surface area contributed by atoms with Crippen LogP contribution in [-0.2, 0) is 13.0 Å². The first-order chi connectivity index (χ1) is 6.94. The van der Waals surface area contributed by atoms with Crippen molar-refractivity contribution in [2.45, 2.75) is 52.7 Å². The molecule has 15 heavy (non-hydrogen) atoms. The Morgan fingerprint density at radius 3 is 2.73 bits per heavy atom. The molecule has 1 aromatic rings. The number of aromatic nitrogens is 2. The van der Waals surface area contributed by atoms with Gasteiger partial charge in [0.05, 0.1) is 5.60 Å². The molecule has 3 heteroatoms. The quantitative estimate of drug-likeness (QED) is 0.809. The molecule has 0 saturated heterocycles. The minimum Gasteiger partial charge on any atom is -0.390 e. The van der Waals surface area contributed by atoms with Crippen molar-refractivity contribution in [1.82, 2.24) is 9.55 Å². The van der Waals surface area contributed by atoms with E-state index >= 15 is 0 Å². The molecule has 1 unspecified atom stereocenters. The second kappa shape index (κ2) is 4.79. The fraction of sp³-hybridized carbons (Fsp3) is 0.750. The summed E-state index contributed by atoms with van der Waals surface area (Å²) in [6.45, 7) is 9.14. The summed E-state index contributed by atoms with van der Waals surface area (Å²) in [5.74, 6) is 1.48. The van der Waals surface area contributed by atoms with Crippen molar-refractivity contribution >= 4 is 0 Å². The van der Waals surface area contributed by atoms with E-state index in [0.717, 1.165) is 18.8 Å². The lowest BCUT2D eigenvalue weighted by molar-refractivity contribution is 0.0362. The van der Waals surface area contributed by atoms with Crippen molar-refractivity contribution in [3.05, 3.63) is 18.2 Å². The zero-order valence-corrected chi connectivity index (χ0v) is 10.2. The van der Waals surface area contributed by atoms with Crippen molar-refractivity contribution in [2.75, 3.05) is 0 Å². The highest BCUT2D eigenvalue weighted by Crippen LogP contribution is 2.20. The fourth-order valence-electron chi connectivity index (χ4n) is 2.09. The van der Waals surface area contributed by atoms with Crippen LogP contribution in [0, 0.1) is 5.92 Å². The molecule has 1 N–H and O–H groups in total. The van der Waals surface area contributed by atoms with Gasteiger partial charge in [-0.15, -0.1) is 0 Å². The number of aliphatic hydroxyl groups is 1. The van der Waals surface area contributed by atoms with E-state index in [-0.39, 0.29) is 0 Å². The summed E-state index contributed by atoms with van der Waals surface area (Å²) >= 11 is 0. The van der Waals surface area contributed by atoms with Gasteiger partial charge in [0, 0.05) is 25.4 Å². The first kappa shape index (κ1) is 12.2. The van der Waals surface area contributed by atoms with E-state index in [2.05, 4.69) is 30.3 Å². The van der Waals surface area contributed by atoms with Gasteiger partial charge in [-0.1, -0.05) is 13.8 Å². The Morgan fingerprint density at radius 2 is 2.20 bits per heavy atom. The number of hydrogen-bond acceptors (Lipinski definition) is 2. The van der Waals surface area contributed by atoms with E-state index in [9.17, 15) is 5.11 Å². The molecule has 3 nitrogen and oxygen atoms in total. The van der Waals surface area contributed by atoms with Crippen molar-refractivity contribution < 1.29 is 5.11 Å².